The molecule has 2 aromatic heterocycles. The lowest BCUT2D eigenvalue weighted by Crippen LogP contribution is -2.38. The zero-order chi connectivity index (χ0) is 23.1. The number of benzene rings is 1. The van der Waals surface area contributed by atoms with Crippen LogP contribution >= 0.6 is 11.3 Å². The average Bonchev–Trinajstić information content (AvgIpc) is 3.36. The van der Waals surface area contributed by atoms with Crippen molar-refractivity contribution >= 4 is 39.8 Å². The number of furan rings is 1. The molecule has 2 amide bonds. The molecule has 0 atom stereocenters. The summed E-state index contributed by atoms with van der Waals surface area (Å²) in [6.07, 6.45) is 1.54. The zero-order valence-electron chi connectivity index (χ0n) is 18.1. The van der Waals surface area contributed by atoms with Crippen molar-refractivity contribution in [2.24, 2.45) is 0 Å². The van der Waals surface area contributed by atoms with Crippen molar-refractivity contribution in [3.05, 3.63) is 70.5 Å². The van der Waals surface area contributed by atoms with Gasteiger partial charge in [-0.3, -0.25) is 14.5 Å². The number of esters is 1. The Bertz CT molecular complexity index is 1080. The molecule has 32 heavy (non-hydrogen) atoms. The van der Waals surface area contributed by atoms with E-state index in [1.54, 1.807) is 29.2 Å². The van der Waals surface area contributed by atoms with E-state index in [0.717, 1.165) is 10.4 Å². The number of methoxy groups -OCH3 is 1. The van der Waals surface area contributed by atoms with Crippen molar-refractivity contribution in [1.82, 2.24) is 4.90 Å². The minimum absolute atomic E-state index is 0.0185. The fourth-order valence-corrected chi connectivity index (χ4v) is 4.21. The van der Waals surface area contributed by atoms with Gasteiger partial charge in [-0.15, -0.1) is 11.3 Å². The molecule has 1 aromatic carbocycles. The number of carbonyl (C=O) groups excluding carboxylic acids is 3. The summed E-state index contributed by atoms with van der Waals surface area (Å²) in [5.74, 6) is -0.482. The first kappa shape index (κ1) is 23.2. The summed E-state index contributed by atoms with van der Waals surface area (Å²) in [5, 5.41) is 6.04. The van der Waals surface area contributed by atoms with E-state index in [9.17, 15) is 14.4 Å². The Morgan fingerprint density at radius 2 is 1.69 bits per heavy atom. The van der Waals surface area contributed by atoms with E-state index < -0.39 is 5.97 Å². The van der Waals surface area contributed by atoms with Gasteiger partial charge in [-0.1, -0.05) is 18.2 Å². The molecule has 0 radical (unpaired) electrons. The summed E-state index contributed by atoms with van der Waals surface area (Å²) in [6, 6.07) is 12.6. The third kappa shape index (κ3) is 6.05. The van der Waals surface area contributed by atoms with Crippen LogP contribution in [-0.4, -0.2) is 42.9 Å². The van der Waals surface area contributed by atoms with Crippen molar-refractivity contribution in [1.29, 1.82) is 0 Å². The summed E-state index contributed by atoms with van der Waals surface area (Å²) in [5.41, 5.74) is 1.79. The lowest BCUT2D eigenvalue weighted by Gasteiger charge is -2.20. The van der Waals surface area contributed by atoms with Crippen LogP contribution in [0, 0.1) is 13.8 Å². The maximum atomic E-state index is 12.8. The molecule has 3 aromatic rings. The van der Waals surface area contributed by atoms with Crippen LogP contribution in [0.15, 0.2) is 53.1 Å². The molecule has 3 rings (SSSR count). The van der Waals surface area contributed by atoms with Crippen LogP contribution in [0.3, 0.4) is 0 Å². The van der Waals surface area contributed by atoms with Gasteiger partial charge in [0.2, 0.25) is 11.8 Å². The summed E-state index contributed by atoms with van der Waals surface area (Å²) in [6.45, 7) is 3.87. The molecule has 168 valence electrons. The van der Waals surface area contributed by atoms with Crippen molar-refractivity contribution in [2.45, 2.75) is 20.4 Å². The maximum absolute atomic E-state index is 12.8. The SMILES string of the molecule is COC(=O)c1c(NC(=O)CN(CC(=O)Nc2ccccc2)Cc2ccco2)sc(C)c1C. The monoisotopic (exact) mass is 455 g/mol. The molecule has 0 saturated heterocycles. The Morgan fingerprint density at radius 3 is 2.31 bits per heavy atom. The van der Waals surface area contributed by atoms with Gasteiger partial charge in [0.1, 0.15) is 10.8 Å². The predicted octanol–water partition coefficient (Wildman–Crippen LogP) is 3.82. The molecule has 0 spiro atoms. The van der Waals surface area contributed by atoms with E-state index in [1.807, 2.05) is 32.0 Å². The number of hydrogen-bond donors (Lipinski definition) is 2. The van der Waals surface area contributed by atoms with E-state index in [4.69, 9.17) is 9.15 Å². The molecular weight excluding hydrogens is 430 g/mol. The Labute approximate surface area is 190 Å². The normalized spacial score (nSPS) is 10.8. The van der Waals surface area contributed by atoms with Gasteiger partial charge in [0, 0.05) is 10.6 Å². The molecule has 0 bridgehead atoms. The molecule has 0 fully saturated rings. The van der Waals surface area contributed by atoms with Gasteiger partial charge < -0.3 is 19.8 Å². The van der Waals surface area contributed by atoms with Crippen molar-refractivity contribution < 1.29 is 23.5 Å². The predicted molar refractivity (Wildman–Crippen MR) is 123 cm³/mol. The molecule has 2 N–H and O–H groups in total. The van der Waals surface area contributed by atoms with E-state index >= 15 is 0 Å². The molecule has 8 nitrogen and oxygen atoms in total. The van der Waals surface area contributed by atoms with Gasteiger partial charge in [0.05, 0.1) is 38.6 Å². The molecule has 9 heteroatoms. The quantitative estimate of drug-likeness (QED) is 0.476. The van der Waals surface area contributed by atoms with Gasteiger partial charge in [0.15, 0.2) is 0 Å². The van der Waals surface area contributed by atoms with Crippen molar-refractivity contribution in [2.75, 3.05) is 30.8 Å². The van der Waals surface area contributed by atoms with Gasteiger partial charge in [0.25, 0.3) is 0 Å². The van der Waals surface area contributed by atoms with Gasteiger partial charge in [-0.25, -0.2) is 4.79 Å². The maximum Gasteiger partial charge on any atom is 0.341 e. The summed E-state index contributed by atoms with van der Waals surface area (Å²) >= 11 is 1.31. The van der Waals surface area contributed by atoms with Crippen LogP contribution in [-0.2, 0) is 20.9 Å². The zero-order valence-corrected chi connectivity index (χ0v) is 19.0. The number of aryl methyl sites for hydroxylation is 1. The second-order valence-electron chi connectivity index (χ2n) is 7.17. The standard InChI is InChI=1S/C23H25N3O5S/c1-15-16(2)32-22(21(15)23(29)30-3)25-20(28)14-26(12-18-10-7-11-31-18)13-19(27)24-17-8-5-4-6-9-17/h4-11H,12-14H2,1-3H3,(H,24,27)(H,25,28). The number of para-hydroxylation sites is 1. The first-order valence-corrected chi connectivity index (χ1v) is 10.8. The first-order valence-electron chi connectivity index (χ1n) is 9.95. The third-order valence-corrected chi connectivity index (χ3v) is 5.90. The first-order chi connectivity index (χ1) is 15.4. The van der Waals surface area contributed by atoms with Gasteiger partial charge in [-0.05, 0) is 43.7 Å². The van der Waals surface area contributed by atoms with Crippen LogP contribution in [0.25, 0.3) is 0 Å². The van der Waals surface area contributed by atoms with E-state index in [2.05, 4.69) is 10.6 Å². The number of nitrogens with one attached hydrogen (secondary N) is 2. The number of nitrogens with zero attached hydrogens (tertiary/aromatic N) is 1. The highest BCUT2D eigenvalue weighted by Gasteiger charge is 2.23. The number of anilines is 2. The molecule has 2 heterocycles. The van der Waals surface area contributed by atoms with Crippen LogP contribution < -0.4 is 10.6 Å². The number of hydrogen-bond acceptors (Lipinski definition) is 7. The Hall–Kier alpha value is -3.43. The average molecular weight is 456 g/mol. The van der Waals surface area contributed by atoms with E-state index in [0.29, 0.717) is 22.0 Å². The Balaban J connectivity index is 1.70. The largest absolute Gasteiger partial charge is 0.468 e. The summed E-state index contributed by atoms with van der Waals surface area (Å²) < 4.78 is 10.2. The molecule has 0 aliphatic heterocycles. The number of carbonyl (C=O) groups is 3. The van der Waals surface area contributed by atoms with E-state index in [-0.39, 0.29) is 31.4 Å². The lowest BCUT2D eigenvalue weighted by atomic mass is 10.1. The molecule has 0 saturated carbocycles. The molecule has 0 aliphatic rings. The topological polar surface area (TPSA) is 101 Å². The van der Waals surface area contributed by atoms with E-state index in [1.165, 1.54) is 24.7 Å². The summed E-state index contributed by atoms with van der Waals surface area (Å²) in [4.78, 5) is 40.1. The summed E-state index contributed by atoms with van der Waals surface area (Å²) in [7, 11) is 1.30. The Kier molecular flexibility index (Phi) is 7.80. The number of rotatable bonds is 9. The van der Waals surface area contributed by atoms with Crippen LogP contribution in [0.5, 0.6) is 0 Å². The second-order valence-corrected chi connectivity index (χ2v) is 8.39. The second kappa shape index (κ2) is 10.7. The number of ether oxygens (including phenoxy) is 1. The van der Waals surface area contributed by atoms with Crippen molar-refractivity contribution in [3.8, 4) is 0 Å². The van der Waals surface area contributed by atoms with Crippen molar-refractivity contribution in [3.63, 3.8) is 0 Å². The number of thiophene rings is 1. The highest BCUT2D eigenvalue weighted by Crippen LogP contribution is 2.32. The van der Waals surface area contributed by atoms with Gasteiger partial charge in [-0.2, -0.15) is 0 Å². The van der Waals surface area contributed by atoms with Crippen LogP contribution in [0.4, 0.5) is 10.7 Å². The smallest absolute Gasteiger partial charge is 0.341 e. The highest BCUT2D eigenvalue weighted by atomic mass is 32.1. The minimum atomic E-state index is -0.503. The Morgan fingerprint density at radius 1 is 1.00 bits per heavy atom. The van der Waals surface area contributed by atoms with Gasteiger partial charge >= 0.3 is 5.97 Å². The minimum Gasteiger partial charge on any atom is -0.468 e. The van der Waals surface area contributed by atoms with Crippen LogP contribution in [0.2, 0.25) is 0 Å². The fraction of sp³-hybridized carbons (Fsp3) is 0.261. The third-order valence-electron chi connectivity index (χ3n) is 4.78. The fourth-order valence-electron chi connectivity index (χ4n) is 3.15. The molecule has 0 unspecified atom stereocenters. The number of amides is 2. The lowest BCUT2D eigenvalue weighted by molar-refractivity contribution is -0.120. The highest BCUT2D eigenvalue weighted by molar-refractivity contribution is 7.16. The van der Waals surface area contributed by atoms with Crippen LogP contribution in [0.1, 0.15) is 26.6 Å². The molecule has 0 aliphatic carbocycles. The molecular formula is C23H25N3O5S.